The van der Waals surface area contributed by atoms with Crippen LogP contribution in [0, 0.1) is 17.8 Å². The molecule has 20 N–H and O–H groups in total. The predicted molar refractivity (Wildman–Crippen MR) is 410 cm³/mol. The first-order valence-corrected chi connectivity index (χ1v) is 37.7. The number of benzene rings is 2. The van der Waals surface area contributed by atoms with E-state index < -0.39 is 179 Å². The average molecular weight is 1550 g/mol. The first-order valence-electron chi connectivity index (χ1n) is 37.7. The standard InChI is InChI=1S/C76H123N17O17/c1-44(2)36-53(85-63(100)56(40-47-24-17-16-18-25-47)83-59(96)42-80-58(95)41-81-61(98)50(79)39-48-29-31-49(94)32-30-48)62(99)82-43-60(97)93-35-23-28-57(93)68(105)84-51(26-19-21-33-77)64(101)89-74(9,10)70(107)87-54(37-45(3)4)66(103)91-73(7,8)69(106)86-52(27-20-22-34-78)65(102)90-75(11,12)71(108)88-55(38-46(5)6)67(104)92-76(13,14)72(109)110-15/h16-18,24-25,29-32,44-46,50-57,94H,19-23,26-28,33-43,77-79H2,1-15H3,(H,80,95)(H,81,98)(H,82,99)(H,83,96)(H,84,105)(H,85,100)(H,86,106)(H,87,107)(H,88,108)(H,89,101)(H,90,102)(H,91,103)(H,92,104)/t50?,51-,52-,53-,54-,55-,56-,57-/m0/s1. The molecule has 0 spiro atoms. The van der Waals surface area contributed by atoms with Crippen LogP contribution in [0.25, 0.3) is 0 Å². The molecular formula is C76H123N17O17. The second-order valence-corrected chi connectivity index (χ2v) is 31.4. The molecule has 1 fully saturated rings. The second kappa shape index (κ2) is 44.7. The number of nitrogens with one attached hydrogen (secondary N) is 13. The zero-order chi connectivity index (χ0) is 83.0. The number of carbonyl (C=O) groups is 15. The average Bonchev–Trinajstić information content (AvgIpc) is 0.840. The number of hydrogen-bond donors (Lipinski definition) is 17. The largest absolute Gasteiger partial charge is 0.508 e. The molecule has 2 aromatic rings. The first-order chi connectivity index (χ1) is 51.4. The lowest BCUT2D eigenvalue weighted by molar-refractivity contribution is -0.149. The van der Waals surface area contributed by atoms with E-state index in [1.807, 2.05) is 27.7 Å². The number of phenolic OH excluding ortho intramolecular Hbond substituents is 1. The molecule has 0 saturated carbocycles. The summed E-state index contributed by atoms with van der Waals surface area (Å²) in [5.41, 5.74) is 12.3. The number of esters is 1. The van der Waals surface area contributed by atoms with E-state index in [4.69, 9.17) is 21.9 Å². The van der Waals surface area contributed by atoms with E-state index in [1.165, 1.54) is 79.5 Å². The molecule has 1 aliphatic rings. The number of nitrogens with two attached hydrogens (primary N) is 3. The fourth-order valence-corrected chi connectivity index (χ4v) is 11.8. The topological polar surface area (TPSA) is 523 Å². The minimum absolute atomic E-state index is 0.0336. The van der Waals surface area contributed by atoms with Gasteiger partial charge in [0.25, 0.3) is 0 Å². The molecule has 14 amide bonds. The van der Waals surface area contributed by atoms with Crippen molar-refractivity contribution in [3.63, 3.8) is 0 Å². The van der Waals surface area contributed by atoms with Crippen molar-refractivity contribution in [1.29, 1.82) is 0 Å². The first kappa shape index (κ1) is 94.4. The molecule has 2 aromatic carbocycles. The van der Waals surface area contributed by atoms with Crippen molar-refractivity contribution in [3.8, 4) is 5.75 Å². The summed E-state index contributed by atoms with van der Waals surface area (Å²) < 4.78 is 4.81. The number of amides is 14. The third kappa shape index (κ3) is 32.4. The van der Waals surface area contributed by atoms with Crippen LogP contribution in [0.4, 0.5) is 0 Å². The van der Waals surface area contributed by atoms with Crippen LogP contribution in [-0.4, -0.2) is 216 Å². The smallest absolute Gasteiger partial charge is 0.330 e. The summed E-state index contributed by atoms with van der Waals surface area (Å²) in [5.74, 6) is -11.6. The van der Waals surface area contributed by atoms with E-state index in [9.17, 15) is 77.0 Å². The molecular weight excluding hydrogens is 1420 g/mol. The second-order valence-electron chi connectivity index (χ2n) is 31.4. The maximum absolute atomic E-state index is 14.4. The lowest BCUT2D eigenvalue weighted by Crippen LogP contribution is -2.65. The summed E-state index contributed by atoms with van der Waals surface area (Å²) in [6, 6.07) is 5.20. The number of hydrogen-bond acceptors (Lipinski definition) is 20. The summed E-state index contributed by atoms with van der Waals surface area (Å²) in [4.78, 5) is 208. The van der Waals surface area contributed by atoms with Crippen LogP contribution in [0.5, 0.6) is 5.75 Å². The number of likely N-dealkylation sites (tertiary alicyclic amines) is 1. The van der Waals surface area contributed by atoms with Gasteiger partial charge in [-0.15, -0.1) is 0 Å². The van der Waals surface area contributed by atoms with Crippen LogP contribution in [0.1, 0.15) is 179 Å². The van der Waals surface area contributed by atoms with Crippen molar-refractivity contribution >= 4 is 88.7 Å². The Morgan fingerprint density at radius 2 is 0.882 bits per heavy atom. The van der Waals surface area contributed by atoms with Crippen LogP contribution in [0.2, 0.25) is 0 Å². The Bertz CT molecular complexity index is 3480. The van der Waals surface area contributed by atoms with Gasteiger partial charge in [0.15, 0.2) is 0 Å². The minimum atomic E-state index is -1.76. The molecule has 0 aliphatic carbocycles. The summed E-state index contributed by atoms with van der Waals surface area (Å²) in [7, 11) is 1.17. The number of aromatic hydroxyl groups is 1. The van der Waals surface area contributed by atoms with Gasteiger partial charge >= 0.3 is 5.97 Å². The summed E-state index contributed by atoms with van der Waals surface area (Å²) in [6.07, 6.45) is 2.70. The van der Waals surface area contributed by atoms with E-state index in [-0.39, 0.29) is 94.5 Å². The molecule has 0 bridgehead atoms. The SMILES string of the molecule is COC(=O)C(C)(C)NC(=O)[C@H](CC(C)C)NC(=O)C(C)(C)NC(=O)[C@H](CCCCN)NC(=O)C(C)(C)NC(=O)[C@H](CC(C)C)NC(=O)C(C)(C)NC(=O)[C@H](CCCCN)NC(=O)[C@@H]1CCCN1C(=O)CNC(=O)[C@H](CC(C)C)NC(=O)[C@H](Cc1ccccc1)NC(=O)CNC(=O)CNC(=O)C(N)Cc1ccc(O)cc1. The van der Waals surface area contributed by atoms with Crippen LogP contribution >= 0.6 is 0 Å². The fraction of sp³-hybridized carbons (Fsp3) is 0.645. The highest BCUT2D eigenvalue weighted by Gasteiger charge is 2.43. The molecule has 1 aliphatic heterocycles. The van der Waals surface area contributed by atoms with Crippen LogP contribution < -0.4 is 86.3 Å². The van der Waals surface area contributed by atoms with Gasteiger partial charge in [-0.3, -0.25) is 67.1 Å². The van der Waals surface area contributed by atoms with Gasteiger partial charge in [0.1, 0.15) is 70.2 Å². The molecule has 614 valence electrons. The summed E-state index contributed by atoms with van der Waals surface area (Å²) in [6.45, 7) is 21.1. The van der Waals surface area contributed by atoms with E-state index in [2.05, 4.69) is 69.1 Å². The van der Waals surface area contributed by atoms with Crippen molar-refractivity contribution in [1.82, 2.24) is 74.0 Å². The number of methoxy groups -OCH3 is 1. The zero-order valence-electron chi connectivity index (χ0n) is 66.6. The molecule has 34 heteroatoms. The van der Waals surface area contributed by atoms with Gasteiger partial charge in [0.05, 0.1) is 32.8 Å². The van der Waals surface area contributed by atoms with Crippen LogP contribution in [-0.2, 0) is 89.5 Å². The molecule has 0 radical (unpaired) electrons. The maximum Gasteiger partial charge on any atom is 0.330 e. The molecule has 1 saturated heterocycles. The Morgan fingerprint density at radius 3 is 1.35 bits per heavy atom. The molecule has 110 heavy (non-hydrogen) atoms. The molecule has 3 rings (SSSR count). The number of rotatable bonds is 46. The van der Waals surface area contributed by atoms with Crippen molar-refractivity contribution < 1.29 is 81.8 Å². The molecule has 8 atom stereocenters. The van der Waals surface area contributed by atoms with E-state index in [1.54, 1.807) is 56.3 Å². The minimum Gasteiger partial charge on any atom is -0.508 e. The Morgan fingerprint density at radius 1 is 0.464 bits per heavy atom. The van der Waals surface area contributed by atoms with Gasteiger partial charge in [-0.25, -0.2) is 4.79 Å². The van der Waals surface area contributed by atoms with Gasteiger partial charge in [-0.1, -0.05) is 84.0 Å². The Balaban J connectivity index is 1.72. The monoisotopic (exact) mass is 1550 g/mol. The Hall–Kier alpha value is -9.83. The number of nitrogens with zero attached hydrogens (tertiary/aromatic N) is 1. The van der Waals surface area contributed by atoms with Gasteiger partial charge < -0.3 is 101 Å². The molecule has 1 heterocycles. The third-order valence-corrected chi connectivity index (χ3v) is 18.1. The van der Waals surface area contributed by atoms with E-state index in [0.29, 0.717) is 43.2 Å². The lowest BCUT2D eigenvalue weighted by atomic mass is 9.96. The molecule has 1 unspecified atom stereocenters. The van der Waals surface area contributed by atoms with E-state index in [0.717, 1.165) is 0 Å². The lowest BCUT2D eigenvalue weighted by Gasteiger charge is -2.34. The van der Waals surface area contributed by atoms with Gasteiger partial charge in [-0.2, -0.15) is 0 Å². The van der Waals surface area contributed by atoms with Crippen molar-refractivity contribution in [3.05, 3.63) is 65.7 Å². The highest BCUT2D eigenvalue weighted by atomic mass is 16.5. The van der Waals surface area contributed by atoms with Crippen molar-refractivity contribution in [2.24, 2.45) is 35.0 Å². The molecule has 0 aromatic heterocycles. The highest BCUT2D eigenvalue weighted by molar-refractivity contribution is 6.01. The zero-order valence-corrected chi connectivity index (χ0v) is 66.6. The normalized spacial score (nSPS) is 15.0. The van der Waals surface area contributed by atoms with E-state index >= 15 is 0 Å². The number of ether oxygens (including phenoxy) is 1. The highest BCUT2D eigenvalue weighted by Crippen LogP contribution is 2.21. The van der Waals surface area contributed by atoms with Crippen LogP contribution in [0.3, 0.4) is 0 Å². The molecule has 34 nitrogen and oxygen atoms in total. The Kier molecular flexibility index (Phi) is 38.4. The number of unbranched alkanes of at least 4 members (excludes halogenated alkanes) is 2. The van der Waals surface area contributed by atoms with Crippen LogP contribution in [0.15, 0.2) is 54.6 Å². The summed E-state index contributed by atoms with van der Waals surface area (Å²) >= 11 is 0. The third-order valence-electron chi connectivity index (χ3n) is 18.1. The quantitative estimate of drug-likeness (QED) is 0.0276. The summed E-state index contributed by atoms with van der Waals surface area (Å²) in [5, 5.41) is 43.8. The Labute approximate surface area is 645 Å². The van der Waals surface area contributed by atoms with Gasteiger partial charge in [-0.05, 0) is 187 Å². The predicted octanol–water partition coefficient (Wildman–Crippen LogP) is -1.10. The fourth-order valence-electron chi connectivity index (χ4n) is 11.8. The van der Waals surface area contributed by atoms with Crippen molar-refractivity contribution in [2.45, 2.75) is 251 Å². The van der Waals surface area contributed by atoms with Gasteiger partial charge in [0, 0.05) is 13.0 Å². The van der Waals surface area contributed by atoms with Crippen molar-refractivity contribution in [2.75, 3.05) is 46.4 Å². The van der Waals surface area contributed by atoms with Gasteiger partial charge in [0.2, 0.25) is 82.7 Å². The number of carbonyl (C=O) groups excluding carboxylic acids is 15. The maximum atomic E-state index is 14.4. The number of phenols is 1.